The predicted molar refractivity (Wildman–Crippen MR) is 73.7 cm³/mol. The molecule has 0 radical (unpaired) electrons. The fourth-order valence-electron chi connectivity index (χ4n) is 2.87. The van der Waals surface area contributed by atoms with Gasteiger partial charge in [-0.25, -0.2) is 4.79 Å². The van der Waals surface area contributed by atoms with E-state index >= 15 is 0 Å². The molecule has 0 bridgehead atoms. The molecule has 5 nitrogen and oxygen atoms in total. The second-order valence-electron chi connectivity index (χ2n) is 5.35. The second kappa shape index (κ2) is 8.15. The van der Waals surface area contributed by atoms with Crippen molar-refractivity contribution < 1.29 is 14.7 Å². The summed E-state index contributed by atoms with van der Waals surface area (Å²) in [5.41, 5.74) is 5.58. The highest BCUT2D eigenvalue weighted by molar-refractivity contribution is 5.84. The molecule has 0 aromatic carbocycles. The minimum atomic E-state index is -0.877. The highest BCUT2D eigenvalue weighted by Gasteiger charge is 2.33. The SMILES string of the molecule is CCCC(CCN)CCC(=O)N1CCCC1C(=O)O. The van der Waals surface area contributed by atoms with Crippen LogP contribution in [-0.2, 0) is 9.59 Å². The van der Waals surface area contributed by atoms with Crippen LogP contribution in [0.4, 0.5) is 0 Å². The van der Waals surface area contributed by atoms with E-state index in [0.717, 1.165) is 32.1 Å². The van der Waals surface area contributed by atoms with Crippen LogP contribution in [0.25, 0.3) is 0 Å². The highest BCUT2D eigenvalue weighted by atomic mass is 16.4. The molecule has 0 spiro atoms. The van der Waals surface area contributed by atoms with E-state index in [-0.39, 0.29) is 5.91 Å². The number of carbonyl (C=O) groups excluding carboxylic acids is 1. The number of hydrogen-bond donors (Lipinski definition) is 2. The van der Waals surface area contributed by atoms with Gasteiger partial charge in [0.1, 0.15) is 6.04 Å². The lowest BCUT2D eigenvalue weighted by Gasteiger charge is -2.23. The first-order chi connectivity index (χ1) is 9.10. The van der Waals surface area contributed by atoms with Crippen LogP contribution < -0.4 is 5.73 Å². The van der Waals surface area contributed by atoms with E-state index in [1.165, 1.54) is 4.90 Å². The summed E-state index contributed by atoms with van der Waals surface area (Å²) in [5.74, 6) is -0.397. The molecule has 1 saturated heterocycles. The van der Waals surface area contributed by atoms with Crippen molar-refractivity contribution in [2.24, 2.45) is 11.7 Å². The molecule has 19 heavy (non-hydrogen) atoms. The number of nitrogens with two attached hydrogens (primary N) is 1. The zero-order chi connectivity index (χ0) is 14.3. The zero-order valence-electron chi connectivity index (χ0n) is 11.8. The van der Waals surface area contributed by atoms with Crippen LogP contribution in [-0.4, -0.2) is 41.0 Å². The number of amides is 1. The monoisotopic (exact) mass is 270 g/mol. The van der Waals surface area contributed by atoms with E-state index in [0.29, 0.717) is 31.8 Å². The first-order valence-electron chi connectivity index (χ1n) is 7.32. The normalized spacial score (nSPS) is 20.5. The molecule has 5 heteroatoms. The maximum Gasteiger partial charge on any atom is 0.326 e. The number of hydrogen-bond acceptors (Lipinski definition) is 3. The van der Waals surface area contributed by atoms with Gasteiger partial charge in [-0.2, -0.15) is 0 Å². The molecule has 2 unspecified atom stereocenters. The first-order valence-corrected chi connectivity index (χ1v) is 7.32. The number of carbonyl (C=O) groups is 2. The minimum Gasteiger partial charge on any atom is -0.480 e. The van der Waals surface area contributed by atoms with Crippen molar-refractivity contribution in [3.63, 3.8) is 0 Å². The molecule has 2 atom stereocenters. The van der Waals surface area contributed by atoms with Gasteiger partial charge in [0, 0.05) is 13.0 Å². The average molecular weight is 270 g/mol. The van der Waals surface area contributed by atoms with Crippen LogP contribution in [0, 0.1) is 5.92 Å². The van der Waals surface area contributed by atoms with Crippen LogP contribution in [0.3, 0.4) is 0 Å². The number of likely N-dealkylation sites (tertiary alicyclic amines) is 1. The quantitative estimate of drug-likeness (QED) is 0.702. The summed E-state index contributed by atoms with van der Waals surface area (Å²) in [6.07, 6.45) is 5.80. The summed E-state index contributed by atoms with van der Waals surface area (Å²) in [4.78, 5) is 24.7. The van der Waals surface area contributed by atoms with Crippen molar-refractivity contribution in [2.75, 3.05) is 13.1 Å². The maximum absolute atomic E-state index is 12.1. The molecule has 0 saturated carbocycles. The van der Waals surface area contributed by atoms with Gasteiger partial charge in [0.2, 0.25) is 5.91 Å². The zero-order valence-corrected chi connectivity index (χ0v) is 11.8. The van der Waals surface area contributed by atoms with Crippen LogP contribution in [0.15, 0.2) is 0 Å². The number of carboxylic acid groups (broad SMARTS) is 1. The van der Waals surface area contributed by atoms with E-state index in [9.17, 15) is 9.59 Å². The van der Waals surface area contributed by atoms with E-state index in [4.69, 9.17) is 10.8 Å². The van der Waals surface area contributed by atoms with Crippen molar-refractivity contribution in [3.8, 4) is 0 Å². The van der Waals surface area contributed by atoms with Crippen molar-refractivity contribution in [1.82, 2.24) is 4.90 Å². The summed E-state index contributed by atoms with van der Waals surface area (Å²) in [7, 11) is 0. The van der Waals surface area contributed by atoms with Crippen LogP contribution in [0.5, 0.6) is 0 Å². The Bertz CT molecular complexity index is 301. The molecule has 0 aliphatic carbocycles. The third-order valence-corrected chi connectivity index (χ3v) is 3.90. The fourth-order valence-corrected chi connectivity index (χ4v) is 2.87. The number of nitrogens with zero attached hydrogens (tertiary/aromatic N) is 1. The van der Waals surface area contributed by atoms with Gasteiger partial charge >= 0.3 is 5.97 Å². The third kappa shape index (κ3) is 4.82. The molecule has 1 aliphatic rings. The summed E-state index contributed by atoms with van der Waals surface area (Å²) >= 11 is 0. The Kier molecular flexibility index (Phi) is 6.84. The van der Waals surface area contributed by atoms with Gasteiger partial charge in [-0.15, -0.1) is 0 Å². The lowest BCUT2D eigenvalue weighted by atomic mass is 9.94. The Labute approximate surface area is 115 Å². The molecule has 1 amide bonds. The van der Waals surface area contributed by atoms with Crippen LogP contribution in [0.2, 0.25) is 0 Å². The Hall–Kier alpha value is -1.10. The maximum atomic E-state index is 12.1. The molecule has 1 aliphatic heterocycles. The second-order valence-corrected chi connectivity index (χ2v) is 5.35. The van der Waals surface area contributed by atoms with Crippen LogP contribution >= 0.6 is 0 Å². The average Bonchev–Trinajstić information content (AvgIpc) is 2.85. The van der Waals surface area contributed by atoms with Crippen LogP contribution in [0.1, 0.15) is 51.9 Å². The third-order valence-electron chi connectivity index (χ3n) is 3.90. The van der Waals surface area contributed by atoms with Gasteiger partial charge in [0.15, 0.2) is 0 Å². The Morgan fingerprint density at radius 3 is 2.68 bits per heavy atom. The van der Waals surface area contributed by atoms with Gasteiger partial charge < -0.3 is 15.7 Å². The first kappa shape index (κ1) is 16.0. The number of carboxylic acids is 1. The topological polar surface area (TPSA) is 83.6 Å². The van der Waals surface area contributed by atoms with Gasteiger partial charge in [-0.1, -0.05) is 19.8 Å². The molecule has 3 N–H and O–H groups in total. The molecule has 1 fully saturated rings. The van der Waals surface area contributed by atoms with E-state index in [1.807, 2.05) is 0 Å². The largest absolute Gasteiger partial charge is 0.480 e. The predicted octanol–water partition coefficient (Wildman–Crippen LogP) is 1.61. The van der Waals surface area contributed by atoms with Crippen molar-refractivity contribution in [2.45, 2.75) is 57.9 Å². The molecule has 0 aromatic heterocycles. The minimum absolute atomic E-state index is 0.0111. The molecule has 0 aromatic rings. The van der Waals surface area contributed by atoms with E-state index in [1.54, 1.807) is 0 Å². The van der Waals surface area contributed by atoms with Gasteiger partial charge in [0.05, 0.1) is 0 Å². The van der Waals surface area contributed by atoms with Crippen molar-refractivity contribution in [1.29, 1.82) is 0 Å². The molecule has 1 heterocycles. The van der Waals surface area contributed by atoms with Gasteiger partial charge in [-0.3, -0.25) is 4.79 Å². The fraction of sp³-hybridized carbons (Fsp3) is 0.857. The Morgan fingerprint density at radius 2 is 2.11 bits per heavy atom. The standard InChI is InChI=1S/C14H26N2O3/c1-2-4-11(8-9-15)6-7-13(17)16-10-3-5-12(16)14(18)19/h11-12H,2-10,15H2,1H3,(H,18,19). The van der Waals surface area contributed by atoms with Gasteiger partial charge in [-0.05, 0) is 38.1 Å². The van der Waals surface area contributed by atoms with Crippen molar-refractivity contribution in [3.05, 3.63) is 0 Å². The van der Waals surface area contributed by atoms with E-state index < -0.39 is 12.0 Å². The molecular formula is C14H26N2O3. The molecule has 110 valence electrons. The molecular weight excluding hydrogens is 244 g/mol. The number of aliphatic carboxylic acids is 1. The summed E-state index contributed by atoms with van der Waals surface area (Å²) in [6, 6.07) is -0.605. The highest BCUT2D eigenvalue weighted by Crippen LogP contribution is 2.22. The Balaban J connectivity index is 2.43. The lowest BCUT2D eigenvalue weighted by Crippen LogP contribution is -2.40. The van der Waals surface area contributed by atoms with Gasteiger partial charge in [0.25, 0.3) is 0 Å². The summed E-state index contributed by atoms with van der Waals surface area (Å²) in [5, 5.41) is 9.07. The lowest BCUT2D eigenvalue weighted by molar-refractivity contribution is -0.148. The summed E-state index contributed by atoms with van der Waals surface area (Å²) < 4.78 is 0. The summed E-state index contributed by atoms with van der Waals surface area (Å²) in [6.45, 7) is 3.37. The smallest absolute Gasteiger partial charge is 0.326 e. The van der Waals surface area contributed by atoms with E-state index in [2.05, 4.69) is 6.92 Å². The molecule has 1 rings (SSSR count). The van der Waals surface area contributed by atoms with Crippen molar-refractivity contribution >= 4 is 11.9 Å². The Morgan fingerprint density at radius 1 is 1.37 bits per heavy atom. The number of rotatable bonds is 8.